The molecule has 0 amide bonds. The smallest absolute Gasteiger partial charge is 0.184 e. The van der Waals surface area contributed by atoms with Gasteiger partial charge >= 0.3 is 0 Å². The van der Waals surface area contributed by atoms with Gasteiger partial charge in [-0.15, -0.1) is 0 Å². The monoisotopic (exact) mass is 486 g/mol. The summed E-state index contributed by atoms with van der Waals surface area (Å²) < 4.78 is 6.63. The second-order valence-corrected chi connectivity index (χ2v) is 19.5. The number of hydrogen-bond acceptors (Lipinski definition) is 1. The van der Waals surface area contributed by atoms with E-state index in [0.29, 0.717) is 16.9 Å². The Kier molecular flexibility index (Phi) is 7.93. The van der Waals surface area contributed by atoms with Crippen LogP contribution in [0.15, 0.2) is 12.2 Å². The molecular formula is C32H58OSi. The molecule has 2 heteroatoms. The summed E-state index contributed by atoms with van der Waals surface area (Å²) in [6, 6.07) is 0. The summed E-state index contributed by atoms with van der Waals surface area (Å²) in [7, 11) is -1.43. The molecule has 0 bridgehead atoms. The molecule has 0 heterocycles. The van der Waals surface area contributed by atoms with Gasteiger partial charge in [0.15, 0.2) is 8.32 Å². The van der Waals surface area contributed by atoms with Crippen LogP contribution in [0.2, 0.25) is 19.6 Å². The molecule has 0 aromatic carbocycles. The minimum Gasteiger partial charge on any atom is -0.415 e. The SMILES string of the molecule is CCC(/C=C/[C@@H](C)[C@H]1CC[C@H]2[C@@H]3CC[C@@H]4CC(O[Si](C)(C)C)CC[C@]4(C)[C@H]3CC[C@]12C)C(C)C. The Morgan fingerprint density at radius 2 is 1.53 bits per heavy atom. The molecule has 4 fully saturated rings. The predicted octanol–water partition coefficient (Wildman–Crippen LogP) is 9.74. The molecular weight excluding hydrogens is 428 g/mol. The Labute approximate surface area is 214 Å². The van der Waals surface area contributed by atoms with E-state index >= 15 is 0 Å². The van der Waals surface area contributed by atoms with Gasteiger partial charge in [-0.25, -0.2) is 0 Å². The maximum Gasteiger partial charge on any atom is 0.184 e. The minimum absolute atomic E-state index is 0.552. The van der Waals surface area contributed by atoms with E-state index in [2.05, 4.69) is 73.3 Å². The molecule has 1 nitrogen and oxygen atoms in total. The summed E-state index contributed by atoms with van der Waals surface area (Å²) in [5, 5.41) is 0. The Balaban J connectivity index is 1.45. The lowest BCUT2D eigenvalue weighted by Gasteiger charge is -2.61. The van der Waals surface area contributed by atoms with Crippen molar-refractivity contribution in [1.29, 1.82) is 0 Å². The highest BCUT2D eigenvalue weighted by molar-refractivity contribution is 6.69. The molecule has 0 saturated heterocycles. The molecule has 0 spiro atoms. The number of hydrogen-bond donors (Lipinski definition) is 0. The molecule has 0 radical (unpaired) electrons. The van der Waals surface area contributed by atoms with Crippen LogP contribution in [0.4, 0.5) is 0 Å². The van der Waals surface area contributed by atoms with E-state index in [9.17, 15) is 0 Å². The van der Waals surface area contributed by atoms with E-state index in [0.717, 1.165) is 47.3 Å². The lowest BCUT2D eigenvalue weighted by atomic mass is 9.44. The highest BCUT2D eigenvalue weighted by Gasteiger charge is 2.60. The van der Waals surface area contributed by atoms with Crippen LogP contribution < -0.4 is 0 Å². The molecule has 34 heavy (non-hydrogen) atoms. The Morgan fingerprint density at radius 3 is 2.18 bits per heavy atom. The first kappa shape index (κ1) is 27.0. The average molecular weight is 487 g/mol. The normalized spacial score (nSPS) is 44.5. The fraction of sp³-hybridized carbons (Fsp3) is 0.938. The van der Waals surface area contributed by atoms with Crippen LogP contribution in [-0.2, 0) is 4.43 Å². The third-order valence-electron chi connectivity index (χ3n) is 11.8. The first-order valence-corrected chi connectivity index (χ1v) is 18.7. The van der Waals surface area contributed by atoms with Crippen LogP contribution in [0.25, 0.3) is 0 Å². The molecule has 2 unspecified atom stereocenters. The summed E-state index contributed by atoms with van der Waals surface area (Å²) >= 11 is 0. The molecule has 0 aromatic heterocycles. The van der Waals surface area contributed by atoms with Gasteiger partial charge in [-0.3, -0.25) is 0 Å². The molecule has 4 rings (SSSR count). The van der Waals surface area contributed by atoms with Gasteiger partial charge < -0.3 is 4.43 Å². The van der Waals surface area contributed by atoms with Crippen molar-refractivity contribution in [2.24, 2.45) is 58.2 Å². The lowest BCUT2D eigenvalue weighted by molar-refractivity contribution is -0.126. The number of allylic oxidation sites excluding steroid dienone is 2. The predicted molar refractivity (Wildman–Crippen MR) is 150 cm³/mol. The summed E-state index contributed by atoms with van der Waals surface area (Å²) in [5.41, 5.74) is 1.16. The molecule has 0 N–H and O–H groups in total. The Morgan fingerprint density at radius 1 is 0.853 bits per heavy atom. The molecule has 4 aliphatic carbocycles. The highest BCUT2D eigenvalue weighted by Crippen LogP contribution is 2.68. The fourth-order valence-electron chi connectivity index (χ4n) is 10.0. The van der Waals surface area contributed by atoms with E-state index in [1.807, 2.05) is 0 Å². The Hall–Kier alpha value is -0.0831. The zero-order chi connectivity index (χ0) is 24.9. The third-order valence-corrected chi connectivity index (χ3v) is 12.9. The van der Waals surface area contributed by atoms with E-state index in [-0.39, 0.29) is 0 Å². The highest BCUT2D eigenvalue weighted by atomic mass is 28.4. The van der Waals surface area contributed by atoms with E-state index in [1.54, 1.807) is 0 Å². The average Bonchev–Trinajstić information content (AvgIpc) is 3.10. The fourth-order valence-corrected chi connectivity index (χ4v) is 11.2. The van der Waals surface area contributed by atoms with E-state index in [1.165, 1.54) is 64.2 Å². The van der Waals surface area contributed by atoms with E-state index < -0.39 is 8.32 Å². The maximum absolute atomic E-state index is 6.63. The largest absolute Gasteiger partial charge is 0.415 e. The van der Waals surface area contributed by atoms with Crippen molar-refractivity contribution in [3.05, 3.63) is 12.2 Å². The zero-order valence-corrected chi connectivity index (χ0v) is 25.3. The van der Waals surface area contributed by atoms with Crippen molar-refractivity contribution >= 4 is 8.32 Å². The van der Waals surface area contributed by atoms with Crippen molar-refractivity contribution in [2.75, 3.05) is 0 Å². The summed E-state index contributed by atoms with van der Waals surface area (Å²) in [6.45, 7) is 22.2. The van der Waals surface area contributed by atoms with Gasteiger partial charge in [0.2, 0.25) is 0 Å². The van der Waals surface area contributed by atoms with Gasteiger partial charge in [-0.05, 0) is 142 Å². The van der Waals surface area contributed by atoms with Gasteiger partial charge in [0.1, 0.15) is 0 Å². The van der Waals surface area contributed by atoms with Crippen LogP contribution in [0, 0.1) is 58.2 Å². The molecule has 10 atom stereocenters. The third kappa shape index (κ3) is 5.03. The van der Waals surface area contributed by atoms with Gasteiger partial charge in [0.25, 0.3) is 0 Å². The van der Waals surface area contributed by atoms with Crippen molar-refractivity contribution in [1.82, 2.24) is 0 Å². The number of fused-ring (bicyclic) bond motifs is 5. The van der Waals surface area contributed by atoms with Crippen molar-refractivity contribution in [2.45, 2.75) is 131 Å². The summed E-state index contributed by atoms with van der Waals surface area (Å²) in [5.74, 6) is 7.01. The first-order valence-electron chi connectivity index (χ1n) is 15.2. The molecule has 4 aliphatic rings. The maximum atomic E-state index is 6.63. The van der Waals surface area contributed by atoms with Crippen LogP contribution in [0.3, 0.4) is 0 Å². The van der Waals surface area contributed by atoms with Crippen molar-refractivity contribution < 1.29 is 4.43 Å². The lowest BCUT2D eigenvalue weighted by Crippen LogP contribution is -2.54. The zero-order valence-electron chi connectivity index (χ0n) is 24.3. The van der Waals surface area contributed by atoms with Gasteiger partial charge in [-0.2, -0.15) is 0 Å². The van der Waals surface area contributed by atoms with Crippen molar-refractivity contribution in [3.63, 3.8) is 0 Å². The van der Waals surface area contributed by atoms with Crippen molar-refractivity contribution in [3.8, 4) is 0 Å². The second kappa shape index (κ2) is 10.00. The standard InChI is InChI=1S/C32H58OSi/c1-10-24(22(2)3)12-11-23(4)28-15-16-29-27-14-13-25-21-26(33-34(7,8)9)17-19-31(25,5)30(27)18-20-32(28,29)6/h11-12,22-30H,10,13-21H2,1-9H3/b12-11+/t23-,24?,25-,26?,27+,28-,29+,30+,31+,32-/m1/s1. The van der Waals surface area contributed by atoms with Gasteiger partial charge in [-0.1, -0.05) is 53.7 Å². The van der Waals surface area contributed by atoms with Gasteiger partial charge in [0, 0.05) is 6.10 Å². The minimum atomic E-state index is -1.43. The molecule has 196 valence electrons. The Bertz CT molecular complexity index is 721. The second-order valence-electron chi connectivity index (χ2n) is 15.1. The van der Waals surface area contributed by atoms with E-state index in [4.69, 9.17) is 4.43 Å². The number of rotatable bonds is 7. The van der Waals surface area contributed by atoms with Gasteiger partial charge in [0.05, 0.1) is 0 Å². The topological polar surface area (TPSA) is 9.23 Å². The summed E-state index contributed by atoms with van der Waals surface area (Å²) in [4.78, 5) is 0. The van der Waals surface area contributed by atoms with Crippen LogP contribution in [-0.4, -0.2) is 14.4 Å². The molecule has 4 saturated carbocycles. The molecule has 0 aromatic rings. The first-order chi connectivity index (χ1) is 15.9. The summed E-state index contributed by atoms with van der Waals surface area (Å²) in [6.07, 6.45) is 20.1. The van der Waals surface area contributed by atoms with Crippen LogP contribution in [0.5, 0.6) is 0 Å². The quantitative estimate of drug-likeness (QED) is 0.257. The van der Waals surface area contributed by atoms with Crippen LogP contribution in [0.1, 0.15) is 106 Å². The van der Waals surface area contributed by atoms with Crippen LogP contribution >= 0.6 is 0 Å². The molecule has 0 aliphatic heterocycles.